The highest BCUT2D eigenvalue weighted by atomic mass is 35.5. The van der Waals surface area contributed by atoms with Crippen LogP contribution >= 0.6 is 34.7 Å². The van der Waals surface area contributed by atoms with Gasteiger partial charge in [-0.3, -0.25) is 14.9 Å². The van der Waals surface area contributed by atoms with Crippen molar-refractivity contribution in [3.8, 4) is 0 Å². The van der Waals surface area contributed by atoms with E-state index >= 15 is 0 Å². The van der Waals surface area contributed by atoms with Gasteiger partial charge in [0.25, 0.3) is 5.91 Å². The maximum atomic E-state index is 12.2. The summed E-state index contributed by atoms with van der Waals surface area (Å²) in [5.74, 6) is 0.614. The third kappa shape index (κ3) is 6.09. The summed E-state index contributed by atoms with van der Waals surface area (Å²) in [5.41, 5.74) is 2.10. The van der Waals surface area contributed by atoms with Gasteiger partial charge in [0.1, 0.15) is 0 Å². The molecule has 0 aliphatic carbocycles. The fourth-order valence-corrected chi connectivity index (χ4v) is 3.79. The van der Waals surface area contributed by atoms with Crippen molar-refractivity contribution in [2.75, 3.05) is 16.4 Å². The van der Waals surface area contributed by atoms with Crippen LogP contribution in [0.4, 0.5) is 10.8 Å². The normalized spacial score (nSPS) is 10.4. The molecule has 1 heterocycles. The van der Waals surface area contributed by atoms with Crippen LogP contribution in [0.15, 0.2) is 60.1 Å². The van der Waals surface area contributed by atoms with Crippen LogP contribution in [0.2, 0.25) is 5.02 Å². The number of thioether (sulfide) groups is 1. The first kappa shape index (κ1) is 19.4. The van der Waals surface area contributed by atoms with Gasteiger partial charge in [-0.25, -0.2) is 4.98 Å². The third-order valence-electron chi connectivity index (χ3n) is 3.45. The van der Waals surface area contributed by atoms with Gasteiger partial charge in [0.15, 0.2) is 5.13 Å². The minimum Gasteiger partial charge on any atom is -0.325 e. The molecule has 0 saturated carbocycles. The molecule has 0 spiro atoms. The van der Waals surface area contributed by atoms with Crippen LogP contribution in [0.3, 0.4) is 0 Å². The lowest BCUT2D eigenvalue weighted by Gasteiger charge is -2.08. The second-order valence-corrected chi connectivity index (χ2v) is 7.86. The molecule has 8 heteroatoms. The predicted molar refractivity (Wildman–Crippen MR) is 113 cm³/mol. The van der Waals surface area contributed by atoms with Crippen molar-refractivity contribution in [2.45, 2.75) is 5.75 Å². The molecular weight excluding hydrogens is 402 g/mol. The van der Waals surface area contributed by atoms with E-state index in [4.69, 9.17) is 11.6 Å². The number of nitrogens with one attached hydrogen (secondary N) is 2. The predicted octanol–water partition coefficient (Wildman–Crippen LogP) is 4.92. The van der Waals surface area contributed by atoms with Crippen LogP contribution < -0.4 is 10.6 Å². The van der Waals surface area contributed by atoms with Gasteiger partial charge in [0.05, 0.1) is 5.75 Å². The van der Waals surface area contributed by atoms with E-state index in [0.29, 0.717) is 32.9 Å². The number of amides is 2. The molecule has 2 aromatic carbocycles. The summed E-state index contributed by atoms with van der Waals surface area (Å²) >= 11 is 8.80. The fourth-order valence-electron chi connectivity index (χ4n) is 2.28. The molecule has 0 atom stereocenters. The van der Waals surface area contributed by atoms with Gasteiger partial charge in [-0.2, -0.15) is 0 Å². The summed E-state index contributed by atoms with van der Waals surface area (Å²) in [6.45, 7) is 0. The van der Waals surface area contributed by atoms with Crippen LogP contribution in [0.25, 0.3) is 0 Å². The van der Waals surface area contributed by atoms with Gasteiger partial charge in [0, 0.05) is 33.6 Å². The number of halogens is 1. The summed E-state index contributed by atoms with van der Waals surface area (Å²) in [4.78, 5) is 28.4. The van der Waals surface area contributed by atoms with E-state index in [1.807, 2.05) is 24.3 Å². The van der Waals surface area contributed by atoms with E-state index in [0.717, 1.165) is 5.56 Å². The monoisotopic (exact) mass is 417 g/mol. The zero-order valence-corrected chi connectivity index (χ0v) is 16.5. The van der Waals surface area contributed by atoms with Gasteiger partial charge < -0.3 is 5.32 Å². The van der Waals surface area contributed by atoms with Gasteiger partial charge in [-0.05, 0) is 35.9 Å². The van der Waals surface area contributed by atoms with E-state index in [9.17, 15) is 9.59 Å². The molecule has 2 amide bonds. The number of rotatable bonds is 7. The Bertz CT molecular complexity index is 932. The van der Waals surface area contributed by atoms with E-state index < -0.39 is 0 Å². The van der Waals surface area contributed by atoms with E-state index in [2.05, 4.69) is 15.6 Å². The van der Waals surface area contributed by atoms with Crippen molar-refractivity contribution in [2.24, 2.45) is 0 Å². The number of hydrogen-bond donors (Lipinski definition) is 2. The largest absolute Gasteiger partial charge is 0.325 e. The molecule has 138 valence electrons. The Morgan fingerprint density at radius 1 is 1.11 bits per heavy atom. The summed E-state index contributed by atoms with van der Waals surface area (Å²) in [6, 6.07) is 14.4. The molecule has 0 aliphatic rings. The second-order valence-electron chi connectivity index (χ2n) is 5.54. The van der Waals surface area contributed by atoms with E-state index in [1.165, 1.54) is 23.1 Å². The first-order valence-electron chi connectivity index (χ1n) is 8.03. The van der Waals surface area contributed by atoms with Crippen molar-refractivity contribution >= 4 is 57.3 Å². The van der Waals surface area contributed by atoms with Crippen molar-refractivity contribution in [1.29, 1.82) is 0 Å². The van der Waals surface area contributed by atoms with E-state index in [1.54, 1.807) is 35.8 Å². The number of carbonyl (C=O) groups is 2. The topological polar surface area (TPSA) is 71.1 Å². The number of nitrogens with zero attached hydrogens (tertiary/aromatic N) is 1. The van der Waals surface area contributed by atoms with Gasteiger partial charge in [-0.15, -0.1) is 23.1 Å². The number of aromatic nitrogens is 1. The van der Waals surface area contributed by atoms with Crippen LogP contribution in [0.1, 0.15) is 15.9 Å². The smallest absolute Gasteiger partial charge is 0.257 e. The highest BCUT2D eigenvalue weighted by Crippen LogP contribution is 2.18. The Morgan fingerprint density at radius 2 is 1.96 bits per heavy atom. The lowest BCUT2D eigenvalue weighted by molar-refractivity contribution is -0.113. The van der Waals surface area contributed by atoms with Crippen LogP contribution in [0.5, 0.6) is 0 Å². The molecule has 0 fully saturated rings. The van der Waals surface area contributed by atoms with Crippen LogP contribution in [-0.4, -0.2) is 22.6 Å². The average Bonchev–Trinajstić information content (AvgIpc) is 3.15. The molecule has 0 bridgehead atoms. The molecule has 5 nitrogen and oxygen atoms in total. The maximum Gasteiger partial charge on any atom is 0.257 e. The minimum absolute atomic E-state index is 0.125. The molecule has 0 unspecified atom stereocenters. The molecule has 3 rings (SSSR count). The number of carbonyl (C=O) groups excluding carboxylic acids is 2. The van der Waals surface area contributed by atoms with Gasteiger partial charge >= 0.3 is 0 Å². The molecule has 2 N–H and O–H groups in total. The molecular formula is C19H16ClN3O2S2. The summed E-state index contributed by atoms with van der Waals surface area (Å²) in [5, 5.41) is 8.54. The number of anilines is 2. The molecule has 27 heavy (non-hydrogen) atoms. The number of thiazole rings is 1. The first-order valence-corrected chi connectivity index (χ1v) is 10.4. The SMILES string of the molecule is O=C(CSCc1cccc(Cl)c1)Nc1cccc(C(=O)Nc2nccs2)c1. The maximum absolute atomic E-state index is 12.2. The van der Waals surface area contributed by atoms with Crippen molar-refractivity contribution < 1.29 is 9.59 Å². The Balaban J connectivity index is 1.51. The number of hydrogen-bond acceptors (Lipinski definition) is 5. The summed E-state index contributed by atoms with van der Waals surface area (Å²) in [7, 11) is 0. The Hall–Kier alpha value is -2.35. The summed E-state index contributed by atoms with van der Waals surface area (Å²) in [6.07, 6.45) is 1.62. The zero-order valence-electron chi connectivity index (χ0n) is 14.1. The number of benzene rings is 2. The van der Waals surface area contributed by atoms with Crippen molar-refractivity contribution in [3.63, 3.8) is 0 Å². The highest BCUT2D eigenvalue weighted by Gasteiger charge is 2.09. The quantitative estimate of drug-likeness (QED) is 0.572. The second kappa shape index (κ2) is 9.55. The molecule has 0 aliphatic heterocycles. The van der Waals surface area contributed by atoms with Crippen molar-refractivity contribution in [3.05, 3.63) is 76.3 Å². The molecule has 0 saturated heterocycles. The lowest BCUT2D eigenvalue weighted by Crippen LogP contribution is -2.16. The lowest BCUT2D eigenvalue weighted by atomic mass is 10.2. The zero-order chi connectivity index (χ0) is 19.1. The molecule has 0 radical (unpaired) electrons. The van der Waals surface area contributed by atoms with Crippen LogP contribution in [0, 0.1) is 0 Å². The average molecular weight is 418 g/mol. The van der Waals surface area contributed by atoms with Crippen molar-refractivity contribution in [1.82, 2.24) is 4.98 Å². The fraction of sp³-hybridized carbons (Fsp3) is 0.105. The third-order valence-corrected chi connectivity index (χ3v) is 5.38. The Labute approximate surface area is 170 Å². The standard InChI is InChI=1S/C19H16ClN3O2S2/c20-15-5-1-3-13(9-15)11-26-12-17(24)22-16-6-2-4-14(10-16)18(25)23-19-21-7-8-27-19/h1-10H,11-12H2,(H,22,24)(H,21,23,25). The molecule has 3 aromatic rings. The summed E-state index contributed by atoms with van der Waals surface area (Å²) < 4.78 is 0. The van der Waals surface area contributed by atoms with Gasteiger partial charge in [-0.1, -0.05) is 29.8 Å². The molecule has 1 aromatic heterocycles. The van der Waals surface area contributed by atoms with Crippen LogP contribution in [-0.2, 0) is 10.5 Å². The van der Waals surface area contributed by atoms with E-state index in [-0.39, 0.29) is 11.8 Å². The first-order chi connectivity index (χ1) is 13.1. The Morgan fingerprint density at radius 3 is 2.74 bits per heavy atom. The minimum atomic E-state index is -0.267. The highest BCUT2D eigenvalue weighted by molar-refractivity contribution is 7.99. The van der Waals surface area contributed by atoms with Gasteiger partial charge in [0.2, 0.25) is 5.91 Å². The Kier molecular flexibility index (Phi) is 6.86.